The van der Waals surface area contributed by atoms with E-state index in [4.69, 9.17) is 4.74 Å². The van der Waals surface area contributed by atoms with Crippen LogP contribution in [0.4, 0.5) is 5.82 Å². The second kappa shape index (κ2) is 5.77. The zero-order chi connectivity index (χ0) is 13.0. The van der Waals surface area contributed by atoms with Crippen LogP contribution in [0.15, 0.2) is 12.4 Å². The van der Waals surface area contributed by atoms with Gasteiger partial charge in [-0.2, -0.15) is 0 Å². The van der Waals surface area contributed by atoms with E-state index in [1.54, 1.807) is 6.20 Å². The summed E-state index contributed by atoms with van der Waals surface area (Å²) in [5.41, 5.74) is 0.749. The topological polar surface area (TPSA) is 64.3 Å². The number of nitrogens with one attached hydrogen (secondary N) is 1. The zero-order valence-corrected chi connectivity index (χ0v) is 11.1. The minimum atomic E-state index is 0.561. The molecule has 2 rings (SSSR count). The van der Waals surface area contributed by atoms with Crippen molar-refractivity contribution in [2.75, 3.05) is 25.1 Å². The Bertz CT molecular complexity index is 508. The Kier molecular flexibility index (Phi) is 4.09. The van der Waals surface area contributed by atoms with Crippen LogP contribution in [0.25, 0.3) is 5.65 Å². The summed E-state index contributed by atoms with van der Waals surface area (Å²) in [6.45, 7) is 8.33. The first kappa shape index (κ1) is 12.8. The molecule has 0 unspecified atom stereocenters. The van der Waals surface area contributed by atoms with Gasteiger partial charge in [0.2, 0.25) is 5.65 Å². The van der Waals surface area contributed by atoms with Crippen LogP contribution in [0, 0.1) is 12.8 Å². The van der Waals surface area contributed by atoms with Crippen molar-refractivity contribution in [1.82, 2.24) is 19.6 Å². The molecule has 1 N–H and O–H groups in total. The number of hydrogen-bond acceptors (Lipinski definition) is 5. The number of aryl methyl sites for hydroxylation is 1. The molecule has 18 heavy (non-hydrogen) atoms. The number of anilines is 1. The number of rotatable bonds is 6. The number of nitrogens with zero attached hydrogens (tertiary/aromatic N) is 4. The predicted octanol–water partition coefficient (Wildman–Crippen LogP) is 1.52. The Hall–Kier alpha value is -1.69. The van der Waals surface area contributed by atoms with Gasteiger partial charge in [0.25, 0.3) is 0 Å². The first-order chi connectivity index (χ1) is 8.68. The number of fused-ring (bicyclic) bond motifs is 1. The Morgan fingerprint density at radius 1 is 1.39 bits per heavy atom. The van der Waals surface area contributed by atoms with Gasteiger partial charge in [-0.05, 0) is 12.8 Å². The Balaban J connectivity index is 1.92. The molecule has 0 amide bonds. The Morgan fingerprint density at radius 2 is 2.22 bits per heavy atom. The SMILES string of the molecule is Cc1nnc2c(NCCOCC(C)C)nccn12. The zero-order valence-electron chi connectivity index (χ0n) is 11.1. The molecular weight excluding hydrogens is 230 g/mol. The van der Waals surface area contributed by atoms with E-state index in [9.17, 15) is 0 Å². The average molecular weight is 249 g/mol. The molecule has 6 heteroatoms. The summed E-state index contributed by atoms with van der Waals surface area (Å²) in [5, 5.41) is 11.3. The summed E-state index contributed by atoms with van der Waals surface area (Å²) in [6.07, 6.45) is 3.59. The van der Waals surface area contributed by atoms with Crippen molar-refractivity contribution in [1.29, 1.82) is 0 Å². The van der Waals surface area contributed by atoms with Crippen LogP contribution in [-0.4, -0.2) is 39.3 Å². The summed E-state index contributed by atoms with van der Waals surface area (Å²) in [6, 6.07) is 0. The third-order valence-electron chi connectivity index (χ3n) is 2.49. The Labute approximate surface area is 106 Å². The Morgan fingerprint density at radius 3 is 3.00 bits per heavy atom. The molecule has 2 aromatic rings. The lowest BCUT2D eigenvalue weighted by atomic mass is 10.2. The van der Waals surface area contributed by atoms with Crippen LogP contribution in [0.3, 0.4) is 0 Å². The van der Waals surface area contributed by atoms with Gasteiger partial charge in [0.15, 0.2) is 5.82 Å². The van der Waals surface area contributed by atoms with Crippen LogP contribution in [-0.2, 0) is 4.74 Å². The van der Waals surface area contributed by atoms with Crippen molar-refractivity contribution >= 4 is 11.5 Å². The minimum absolute atomic E-state index is 0.561. The number of hydrogen-bond donors (Lipinski definition) is 1. The highest BCUT2D eigenvalue weighted by Crippen LogP contribution is 2.11. The van der Waals surface area contributed by atoms with E-state index < -0.39 is 0 Å². The fourth-order valence-corrected chi connectivity index (χ4v) is 1.63. The maximum absolute atomic E-state index is 5.50. The summed E-state index contributed by atoms with van der Waals surface area (Å²) in [4.78, 5) is 4.26. The first-order valence-corrected chi connectivity index (χ1v) is 6.16. The normalized spacial score (nSPS) is 11.3. The lowest BCUT2D eigenvalue weighted by molar-refractivity contribution is 0.118. The molecule has 2 heterocycles. The van der Waals surface area contributed by atoms with E-state index >= 15 is 0 Å². The van der Waals surface area contributed by atoms with Crippen molar-refractivity contribution in [2.45, 2.75) is 20.8 Å². The first-order valence-electron chi connectivity index (χ1n) is 6.16. The lowest BCUT2D eigenvalue weighted by Gasteiger charge is -2.08. The largest absolute Gasteiger partial charge is 0.379 e. The third kappa shape index (κ3) is 2.95. The van der Waals surface area contributed by atoms with Gasteiger partial charge in [0.1, 0.15) is 5.82 Å². The monoisotopic (exact) mass is 249 g/mol. The van der Waals surface area contributed by atoms with Crippen LogP contribution in [0.2, 0.25) is 0 Å². The molecular formula is C12H19N5O. The summed E-state index contributed by atoms with van der Waals surface area (Å²) in [5.74, 6) is 2.16. The molecule has 0 spiro atoms. The highest BCUT2D eigenvalue weighted by Gasteiger charge is 2.06. The summed E-state index contributed by atoms with van der Waals surface area (Å²) < 4.78 is 7.41. The van der Waals surface area contributed by atoms with Gasteiger partial charge in [-0.1, -0.05) is 13.8 Å². The highest BCUT2D eigenvalue weighted by atomic mass is 16.5. The van der Waals surface area contributed by atoms with E-state index in [1.807, 2.05) is 17.5 Å². The number of ether oxygens (including phenoxy) is 1. The van der Waals surface area contributed by atoms with Crippen LogP contribution in [0.1, 0.15) is 19.7 Å². The quantitative estimate of drug-likeness (QED) is 0.786. The van der Waals surface area contributed by atoms with Gasteiger partial charge in [0.05, 0.1) is 6.61 Å². The van der Waals surface area contributed by atoms with E-state index in [-0.39, 0.29) is 0 Å². The van der Waals surface area contributed by atoms with Gasteiger partial charge in [-0.25, -0.2) is 4.98 Å². The van der Waals surface area contributed by atoms with Crippen molar-refractivity contribution in [3.05, 3.63) is 18.2 Å². The van der Waals surface area contributed by atoms with Crippen molar-refractivity contribution < 1.29 is 4.74 Å². The molecule has 0 aliphatic heterocycles. The summed E-state index contributed by atoms with van der Waals surface area (Å²) >= 11 is 0. The fraction of sp³-hybridized carbons (Fsp3) is 0.583. The molecule has 98 valence electrons. The molecule has 0 atom stereocenters. The van der Waals surface area contributed by atoms with E-state index in [0.717, 1.165) is 23.9 Å². The second-order valence-corrected chi connectivity index (χ2v) is 4.61. The molecule has 0 radical (unpaired) electrons. The maximum atomic E-state index is 5.50. The smallest absolute Gasteiger partial charge is 0.203 e. The molecule has 0 aromatic carbocycles. The maximum Gasteiger partial charge on any atom is 0.203 e. The minimum Gasteiger partial charge on any atom is -0.379 e. The van der Waals surface area contributed by atoms with Gasteiger partial charge >= 0.3 is 0 Å². The van der Waals surface area contributed by atoms with Crippen molar-refractivity contribution in [2.24, 2.45) is 5.92 Å². The molecule has 0 fully saturated rings. The lowest BCUT2D eigenvalue weighted by Crippen LogP contribution is -2.13. The van der Waals surface area contributed by atoms with Crippen LogP contribution in [0.5, 0.6) is 0 Å². The van der Waals surface area contributed by atoms with E-state index in [1.165, 1.54) is 0 Å². The summed E-state index contributed by atoms with van der Waals surface area (Å²) in [7, 11) is 0. The molecule has 0 saturated carbocycles. The van der Waals surface area contributed by atoms with Crippen LogP contribution < -0.4 is 5.32 Å². The molecule has 0 aliphatic carbocycles. The second-order valence-electron chi connectivity index (χ2n) is 4.61. The molecule has 6 nitrogen and oxygen atoms in total. The van der Waals surface area contributed by atoms with Gasteiger partial charge in [0, 0.05) is 25.5 Å². The van der Waals surface area contributed by atoms with E-state index in [0.29, 0.717) is 19.1 Å². The molecule has 0 aliphatic rings. The van der Waals surface area contributed by atoms with Crippen molar-refractivity contribution in [3.8, 4) is 0 Å². The molecule has 2 aromatic heterocycles. The average Bonchev–Trinajstić information content (AvgIpc) is 2.71. The standard InChI is InChI=1S/C12H19N5O/c1-9(2)8-18-7-5-14-11-12-16-15-10(3)17(12)6-4-13-11/h4,6,9H,5,7-8H2,1-3H3,(H,13,14). The highest BCUT2D eigenvalue weighted by molar-refractivity contribution is 5.61. The fourth-order valence-electron chi connectivity index (χ4n) is 1.63. The van der Waals surface area contributed by atoms with Gasteiger partial charge in [-0.15, -0.1) is 10.2 Å². The van der Waals surface area contributed by atoms with Crippen LogP contribution >= 0.6 is 0 Å². The molecule has 0 bridgehead atoms. The number of aromatic nitrogens is 4. The van der Waals surface area contributed by atoms with Gasteiger partial charge < -0.3 is 10.1 Å². The van der Waals surface area contributed by atoms with E-state index in [2.05, 4.69) is 34.3 Å². The third-order valence-corrected chi connectivity index (χ3v) is 2.49. The predicted molar refractivity (Wildman–Crippen MR) is 69.7 cm³/mol. The van der Waals surface area contributed by atoms with Gasteiger partial charge in [-0.3, -0.25) is 4.40 Å². The molecule has 0 saturated heterocycles. The van der Waals surface area contributed by atoms with Crippen molar-refractivity contribution in [3.63, 3.8) is 0 Å².